The largest absolute Gasteiger partial charge is 0.488 e. The van der Waals surface area contributed by atoms with Crippen molar-refractivity contribution in [2.24, 2.45) is 5.92 Å². The molecule has 33 heavy (non-hydrogen) atoms. The summed E-state index contributed by atoms with van der Waals surface area (Å²) in [5, 5.41) is 9.77. The van der Waals surface area contributed by atoms with Crippen LogP contribution in [0.5, 0.6) is 5.75 Å². The van der Waals surface area contributed by atoms with Crippen LogP contribution in [0.15, 0.2) is 53.4 Å². The summed E-state index contributed by atoms with van der Waals surface area (Å²) in [4.78, 5) is 17.1. The molecule has 1 heterocycles. The second kappa shape index (κ2) is 10.1. The van der Waals surface area contributed by atoms with Gasteiger partial charge < -0.3 is 19.6 Å². The average Bonchev–Trinajstić information content (AvgIpc) is 2.80. The molecule has 0 saturated heterocycles. The third kappa shape index (κ3) is 5.31. The number of benzene rings is 2. The van der Waals surface area contributed by atoms with Gasteiger partial charge in [0.1, 0.15) is 11.9 Å². The molecule has 0 saturated carbocycles. The molecule has 0 radical (unpaired) electrons. The van der Waals surface area contributed by atoms with Gasteiger partial charge >= 0.3 is 0 Å². The SMILES string of the molecule is C[C@H]1CN([C@@H](C)CO)C(=O)c2cc(N(C)C)ccc2O[C@@H]1CN(C)S(=O)(=O)c1ccccc1. The number of amides is 1. The topological polar surface area (TPSA) is 90.4 Å². The molecule has 2 aromatic carbocycles. The van der Waals surface area contributed by atoms with Crippen LogP contribution in [0.4, 0.5) is 5.69 Å². The number of sulfonamides is 1. The number of nitrogens with zero attached hydrogens (tertiary/aromatic N) is 3. The van der Waals surface area contributed by atoms with Crippen molar-refractivity contribution < 1.29 is 23.1 Å². The van der Waals surface area contributed by atoms with Gasteiger partial charge in [0, 0.05) is 39.3 Å². The van der Waals surface area contributed by atoms with Gasteiger partial charge in [-0.05, 0) is 37.3 Å². The number of hydrogen-bond donors (Lipinski definition) is 1. The number of hydrogen-bond acceptors (Lipinski definition) is 6. The molecule has 3 rings (SSSR count). The van der Waals surface area contributed by atoms with E-state index in [0.29, 0.717) is 17.9 Å². The van der Waals surface area contributed by atoms with Crippen LogP contribution < -0.4 is 9.64 Å². The summed E-state index contributed by atoms with van der Waals surface area (Å²) in [6, 6.07) is 13.3. The van der Waals surface area contributed by atoms with Crippen molar-refractivity contribution in [3.05, 3.63) is 54.1 Å². The van der Waals surface area contributed by atoms with Gasteiger partial charge in [-0.2, -0.15) is 4.31 Å². The molecule has 1 N–H and O–H groups in total. The summed E-state index contributed by atoms with van der Waals surface area (Å²) in [6.07, 6.45) is -0.501. The molecule has 8 nitrogen and oxygen atoms in total. The minimum Gasteiger partial charge on any atom is -0.488 e. The Labute approximate surface area is 196 Å². The Kier molecular flexibility index (Phi) is 7.66. The Morgan fingerprint density at radius 3 is 2.42 bits per heavy atom. The zero-order chi connectivity index (χ0) is 24.3. The molecule has 180 valence electrons. The van der Waals surface area contributed by atoms with E-state index < -0.39 is 16.1 Å². The van der Waals surface area contributed by atoms with E-state index in [4.69, 9.17) is 4.74 Å². The number of carbonyl (C=O) groups is 1. The summed E-state index contributed by atoms with van der Waals surface area (Å²) in [7, 11) is 1.61. The molecule has 0 spiro atoms. The number of aliphatic hydroxyl groups excluding tert-OH is 1. The van der Waals surface area contributed by atoms with Crippen molar-refractivity contribution >= 4 is 21.6 Å². The standard InChI is InChI=1S/C24H33N3O5S/c1-17-14-27(18(2)16-28)24(29)21-13-19(25(3)4)11-12-22(21)32-23(17)15-26(5)33(30,31)20-9-7-6-8-10-20/h6-13,17-18,23,28H,14-16H2,1-5H3/t17-,18-,23+/m0/s1. The van der Waals surface area contributed by atoms with Gasteiger partial charge in [-0.1, -0.05) is 25.1 Å². The molecule has 0 aliphatic carbocycles. The quantitative estimate of drug-likeness (QED) is 0.661. The highest BCUT2D eigenvalue weighted by Crippen LogP contribution is 2.31. The molecule has 0 fully saturated rings. The summed E-state index contributed by atoms with van der Waals surface area (Å²) in [5.41, 5.74) is 1.24. The molecule has 9 heteroatoms. The van der Waals surface area contributed by atoms with E-state index in [1.165, 1.54) is 11.4 Å². The van der Waals surface area contributed by atoms with Crippen molar-refractivity contribution in [2.45, 2.75) is 30.9 Å². The fourth-order valence-electron chi connectivity index (χ4n) is 3.83. The lowest BCUT2D eigenvalue weighted by molar-refractivity contribution is 0.0387. The Morgan fingerprint density at radius 2 is 1.82 bits per heavy atom. The number of aliphatic hydroxyl groups is 1. The van der Waals surface area contributed by atoms with Gasteiger partial charge in [-0.15, -0.1) is 0 Å². The molecule has 1 aliphatic rings. The van der Waals surface area contributed by atoms with Crippen LogP contribution in [0, 0.1) is 5.92 Å². The maximum Gasteiger partial charge on any atom is 0.258 e. The first-order chi connectivity index (χ1) is 15.6. The van der Waals surface area contributed by atoms with E-state index in [2.05, 4.69) is 0 Å². The normalized spacial score (nSPS) is 20.0. The van der Waals surface area contributed by atoms with E-state index in [9.17, 15) is 18.3 Å². The average molecular weight is 476 g/mol. The van der Waals surface area contributed by atoms with E-state index in [-0.39, 0.29) is 35.9 Å². The highest BCUT2D eigenvalue weighted by molar-refractivity contribution is 7.89. The number of anilines is 1. The second-order valence-corrected chi connectivity index (χ2v) is 10.8. The van der Waals surface area contributed by atoms with Crippen molar-refractivity contribution in [3.63, 3.8) is 0 Å². The first kappa shape index (κ1) is 25.0. The monoisotopic (exact) mass is 475 g/mol. The zero-order valence-electron chi connectivity index (χ0n) is 19.8. The number of likely N-dealkylation sites (N-methyl/N-ethyl adjacent to an activating group) is 1. The number of carbonyl (C=O) groups excluding carboxylic acids is 1. The third-order valence-electron chi connectivity index (χ3n) is 6.05. The van der Waals surface area contributed by atoms with Crippen molar-refractivity contribution in [1.29, 1.82) is 0 Å². The van der Waals surface area contributed by atoms with Gasteiger partial charge in [0.2, 0.25) is 10.0 Å². The number of ether oxygens (including phenoxy) is 1. The maximum absolute atomic E-state index is 13.4. The van der Waals surface area contributed by atoms with Gasteiger partial charge in [0.25, 0.3) is 5.91 Å². The van der Waals surface area contributed by atoms with Crippen LogP contribution in [0.1, 0.15) is 24.2 Å². The van der Waals surface area contributed by atoms with Gasteiger partial charge in [-0.25, -0.2) is 8.42 Å². The highest BCUT2D eigenvalue weighted by Gasteiger charge is 2.35. The van der Waals surface area contributed by atoms with Crippen molar-refractivity contribution in [1.82, 2.24) is 9.21 Å². The van der Waals surface area contributed by atoms with Crippen molar-refractivity contribution in [3.8, 4) is 5.75 Å². The van der Waals surface area contributed by atoms with Crippen LogP contribution in [0.2, 0.25) is 0 Å². The van der Waals surface area contributed by atoms with E-state index in [1.807, 2.05) is 32.0 Å². The second-order valence-electron chi connectivity index (χ2n) is 8.80. The molecule has 0 unspecified atom stereocenters. The molecule has 1 amide bonds. The Bertz CT molecular complexity index is 1070. The van der Waals surface area contributed by atoms with Crippen LogP contribution >= 0.6 is 0 Å². The van der Waals surface area contributed by atoms with Gasteiger partial charge in [0.15, 0.2) is 0 Å². The predicted octanol–water partition coefficient (Wildman–Crippen LogP) is 2.29. The van der Waals surface area contributed by atoms with Gasteiger partial charge in [0.05, 0.1) is 29.7 Å². The minimum atomic E-state index is -3.70. The summed E-state index contributed by atoms with van der Waals surface area (Å²) >= 11 is 0. The Hall–Kier alpha value is -2.62. The van der Waals surface area contributed by atoms with E-state index in [1.54, 1.807) is 54.3 Å². The molecule has 3 atom stereocenters. The third-order valence-corrected chi connectivity index (χ3v) is 7.89. The van der Waals surface area contributed by atoms with Crippen LogP contribution in [-0.4, -0.2) is 81.6 Å². The van der Waals surface area contributed by atoms with Crippen LogP contribution in [-0.2, 0) is 10.0 Å². The number of rotatable bonds is 7. The molecular formula is C24H33N3O5S. The number of fused-ring (bicyclic) bond motifs is 1. The highest BCUT2D eigenvalue weighted by atomic mass is 32.2. The fourth-order valence-corrected chi connectivity index (χ4v) is 5.03. The lowest BCUT2D eigenvalue weighted by atomic mass is 9.99. The van der Waals surface area contributed by atoms with E-state index >= 15 is 0 Å². The van der Waals surface area contributed by atoms with Crippen LogP contribution in [0.3, 0.4) is 0 Å². The molecule has 0 bridgehead atoms. The smallest absolute Gasteiger partial charge is 0.258 e. The van der Waals surface area contributed by atoms with Gasteiger partial charge in [-0.3, -0.25) is 4.79 Å². The zero-order valence-corrected chi connectivity index (χ0v) is 20.6. The molecule has 1 aliphatic heterocycles. The maximum atomic E-state index is 13.4. The predicted molar refractivity (Wildman–Crippen MR) is 128 cm³/mol. The minimum absolute atomic E-state index is 0.114. The molecular weight excluding hydrogens is 442 g/mol. The lowest BCUT2D eigenvalue weighted by Crippen LogP contribution is -2.50. The summed E-state index contributed by atoms with van der Waals surface area (Å²) < 4.78 is 33.7. The lowest BCUT2D eigenvalue weighted by Gasteiger charge is -2.38. The molecule has 2 aromatic rings. The fraction of sp³-hybridized carbons (Fsp3) is 0.458. The van der Waals surface area contributed by atoms with Crippen LogP contribution in [0.25, 0.3) is 0 Å². The Morgan fingerprint density at radius 1 is 1.15 bits per heavy atom. The first-order valence-electron chi connectivity index (χ1n) is 11.0. The van der Waals surface area contributed by atoms with E-state index in [0.717, 1.165) is 5.69 Å². The van der Waals surface area contributed by atoms with Crippen molar-refractivity contribution in [2.75, 3.05) is 45.7 Å². The summed E-state index contributed by atoms with van der Waals surface area (Å²) in [5.74, 6) is 0.00617. The molecule has 0 aromatic heterocycles. The summed E-state index contributed by atoms with van der Waals surface area (Å²) in [6.45, 7) is 3.99. The Balaban J connectivity index is 1.98. The first-order valence-corrected chi connectivity index (χ1v) is 12.4.